The standard InChI is InChI=1S/C19H21Cl2NO2/c20-19(21)10-16(19)11-22-12-17(23)13-24-18-8-6-15(7-9-18)14-4-2-1-3-5-14/h1-9,16-17,22-23H,10-13H2/t16-,17+/m0/s1. The van der Waals surface area contributed by atoms with Crippen LogP contribution in [0.5, 0.6) is 5.75 Å². The Morgan fingerprint density at radius 3 is 2.33 bits per heavy atom. The molecule has 0 unspecified atom stereocenters. The van der Waals surface area contributed by atoms with Crippen molar-refractivity contribution in [1.29, 1.82) is 0 Å². The number of alkyl halides is 2. The zero-order chi connectivity index (χ0) is 17.0. The van der Waals surface area contributed by atoms with Gasteiger partial charge < -0.3 is 15.2 Å². The molecule has 0 heterocycles. The van der Waals surface area contributed by atoms with E-state index >= 15 is 0 Å². The molecule has 2 aromatic rings. The first kappa shape index (κ1) is 17.6. The number of nitrogens with one attached hydrogen (secondary N) is 1. The van der Waals surface area contributed by atoms with Crippen LogP contribution in [0.15, 0.2) is 54.6 Å². The molecule has 2 N–H and O–H groups in total. The zero-order valence-corrected chi connectivity index (χ0v) is 14.8. The van der Waals surface area contributed by atoms with E-state index in [0.717, 1.165) is 24.3 Å². The number of rotatable bonds is 8. The largest absolute Gasteiger partial charge is 0.491 e. The van der Waals surface area contributed by atoms with Gasteiger partial charge in [0.05, 0.1) is 0 Å². The van der Waals surface area contributed by atoms with Crippen LogP contribution in [0.4, 0.5) is 0 Å². The predicted octanol–water partition coefficient (Wildman–Crippen LogP) is 3.88. The van der Waals surface area contributed by atoms with Crippen LogP contribution in [-0.2, 0) is 0 Å². The molecular formula is C19H21Cl2NO2. The quantitative estimate of drug-likeness (QED) is 0.697. The second kappa shape index (κ2) is 7.75. The molecule has 0 radical (unpaired) electrons. The van der Waals surface area contributed by atoms with Gasteiger partial charge in [-0.3, -0.25) is 0 Å². The van der Waals surface area contributed by atoms with Crippen LogP contribution in [-0.4, -0.2) is 35.2 Å². The van der Waals surface area contributed by atoms with Crippen LogP contribution >= 0.6 is 23.2 Å². The van der Waals surface area contributed by atoms with Crippen molar-refractivity contribution in [3.8, 4) is 16.9 Å². The number of benzene rings is 2. The van der Waals surface area contributed by atoms with Crippen LogP contribution in [0, 0.1) is 5.92 Å². The van der Waals surface area contributed by atoms with E-state index < -0.39 is 10.4 Å². The zero-order valence-electron chi connectivity index (χ0n) is 13.3. The van der Waals surface area contributed by atoms with Crippen molar-refractivity contribution >= 4 is 23.2 Å². The minimum Gasteiger partial charge on any atom is -0.491 e. The molecule has 2 aromatic carbocycles. The molecule has 2 atom stereocenters. The van der Waals surface area contributed by atoms with E-state index in [1.807, 2.05) is 42.5 Å². The van der Waals surface area contributed by atoms with Gasteiger partial charge in [-0.25, -0.2) is 0 Å². The highest BCUT2D eigenvalue weighted by Crippen LogP contribution is 2.52. The smallest absolute Gasteiger partial charge is 0.122 e. The molecule has 1 saturated carbocycles. The van der Waals surface area contributed by atoms with Gasteiger partial charge in [0.15, 0.2) is 0 Å². The molecule has 3 nitrogen and oxygen atoms in total. The molecule has 3 rings (SSSR count). The molecule has 1 aliphatic carbocycles. The van der Waals surface area contributed by atoms with Crippen molar-refractivity contribution in [2.45, 2.75) is 16.9 Å². The number of aliphatic hydroxyl groups is 1. The summed E-state index contributed by atoms with van der Waals surface area (Å²) in [6.07, 6.45) is 0.237. The molecule has 0 aliphatic heterocycles. The van der Waals surface area contributed by atoms with Crippen molar-refractivity contribution in [1.82, 2.24) is 5.32 Å². The average molecular weight is 366 g/mol. The van der Waals surface area contributed by atoms with Crippen molar-refractivity contribution in [3.63, 3.8) is 0 Å². The van der Waals surface area contributed by atoms with Gasteiger partial charge in [0.2, 0.25) is 0 Å². The monoisotopic (exact) mass is 365 g/mol. The number of halogens is 2. The molecule has 0 aromatic heterocycles. The van der Waals surface area contributed by atoms with Gasteiger partial charge in [-0.1, -0.05) is 42.5 Å². The summed E-state index contributed by atoms with van der Waals surface area (Å²) in [5, 5.41) is 13.1. The second-order valence-electron chi connectivity index (χ2n) is 6.18. The topological polar surface area (TPSA) is 41.5 Å². The van der Waals surface area contributed by atoms with Gasteiger partial charge in [-0.15, -0.1) is 23.2 Å². The predicted molar refractivity (Wildman–Crippen MR) is 98.8 cm³/mol. The minimum atomic E-state index is -0.574. The Bertz CT molecular complexity index is 646. The normalized spacial score (nSPS) is 19.7. The number of hydrogen-bond acceptors (Lipinski definition) is 3. The van der Waals surface area contributed by atoms with E-state index in [1.54, 1.807) is 0 Å². The van der Waals surface area contributed by atoms with Gasteiger partial charge in [-0.2, -0.15) is 0 Å². The summed E-state index contributed by atoms with van der Waals surface area (Å²) in [4.78, 5) is 0. The first-order valence-electron chi connectivity index (χ1n) is 8.09. The Kier molecular flexibility index (Phi) is 5.67. The third-order valence-corrected chi connectivity index (χ3v) is 5.06. The maximum absolute atomic E-state index is 9.95. The molecule has 0 bridgehead atoms. The van der Waals surface area contributed by atoms with Gasteiger partial charge in [-0.05, 0) is 29.7 Å². The lowest BCUT2D eigenvalue weighted by Gasteiger charge is -2.13. The lowest BCUT2D eigenvalue weighted by Crippen LogP contribution is -2.33. The van der Waals surface area contributed by atoms with Crippen LogP contribution < -0.4 is 10.1 Å². The molecular weight excluding hydrogens is 345 g/mol. The molecule has 24 heavy (non-hydrogen) atoms. The molecule has 0 amide bonds. The van der Waals surface area contributed by atoms with E-state index in [0.29, 0.717) is 6.54 Å². The van der Waals surface area contributed by atoms with Gasteiger partial charge in [0.1, 0.15) is 22.8 Å². The number of aliphatic hydroxyl groups excluding tert-OH is 1. The van der Waals surface area contributed by atoms with Crippen molar-refractivity contribution in [3.05, 3.63) is 54.6 Å². The summed E-state index contributed by atoms with van der Waals surface area (Å²) in [5.41, 5.74) is 2.31. The van der Waals surface area contributed by atoms with Crippen molar-refractivity contribution in [2.24, 2.45) is 5.92 Å². The van der Waals surface area contributed by atoms with Crippen LogP contribution in [0.1, 0.15) is 6.42 Å². The van der Waals surface area contributed by atoms with Crippen molar-refractivity contribution < 1.29 is 9.84 Å². The van der Waals surface area contributed by atoms with Crippen LogP contribution in [0.3, 0.4) is 0 Å². The fourth-order valence-corrected chi connectivity index (χ4v) is 3.07. The lowest BCUT2D eigenvalue weighted by molar-refractivity contribution is 0.106. The molecule has 1 aliphatic rings. The van der Waals surface area contributed by atoms with E-state index in [2.05, 4.69) is 17.4 Å². The second-order valence-corrected chi connectivity index (χ2v) is 7.72. The third kappa shape index (κ3) is 4.87. The van der Waals surface area contributed by atoms with Crippen LogP contribution in [0.25, 0.3) is 11.1 Å². The average Bonchev–Trinajstić information content (AvgIpc) is 3.21. The fraction of sp³-hybridized carbons (Fsp3) is 0.368. The highest BCUT2D eigenvalue weighted by Gasteiger charge is 2.50. The molecule has 5 heteroatoms. The number of ether oxygens (including phenoxy) is 1. The van der Waals surface area contributed by atoms with E-state index in [1.165, 1.54) is 5.56 Å². The molecule has 128 valence electrons. The summed E-state index contributed by atoms with van der Waals surface area (Å²) < 4.78 is 5.06. The third-order valence-electron chi connectivity index (χ3n) is 4.13. The first-order chi connectivity index (χ1) is 11.5. The lowest BCUT2D eigenvalue weighted by atomic mass is 10.1. The number of hydrogen-bond donors (Lipinski definition) is 2. The van der Waals surface area contributed by atoms with Gasteiger partial charge in [0, 0.05) is 19.0 Å². The molecule has 0 spiro atoms. The summed E-state index contributed by atoms with van der Waals surface area (Å²) in [5.74, 6) is 1.02. The van der Waals surface area contributed by atoms with Gasteiger partial charge in [0.25, 0.3) is 0 Å². The van der Waals surface area contributed by atoms with Gasteiger partial charge >= 0.3 is 0 Å². The minimum absolute atomic E-state index is 0.245. The molecule has 0 saturated heterocycles. The summed E-state index contributed by atoms with van der Waals surface area (Å²) in [7, 11) is 0. The molecule has 1 fully saturated rings. The Labute approximate surface area is 152 Å². The van der Waals surface area contributed by atoms with E-state index in [9.17, 15) is 5.11 Å². The van der Waals surface area contributed by atoms with Crippen molar-refractivity contribution in [2.75, 3.05) is 19.7 Å². The highest BCUT2D eigenvalue weighted by molar-refractivity contribution is 6.50. The Morgan fingerprint density at radius 2 is 1.71 bits per heavy atom. The van der Waals surface area contributed by atoms with E-state index in [-0.39, 0.29) is 12.5 Å². The van der Waals surface area contributed by atoms with E-state index in [4.69, 9.17) is 27.9 Å². The summed E-state index contributed by atoms with van der Waals surface area (Å²) >= 11 is 11.9. The Balaban J connectivity index is 1.40. The summed E-state index contributed by atoms with van der Waals surface area (Å²) in [6, 6.07) is 18.0. The maximum atomic E-state index is 9.95. The Morgan fingerprint density at radius 1 is 1.08 bits per heavy atom. The highest BCUT2D eigenvalue weighted by atomic mass is 35.5. The first-order valence-corrected chi connectivity index (χ1v) is 8.85. The fourth-order valence-electron chi connectivity index (χ4n) is 2.54. The summed E-state index contributed by atoms with van der Waals surface area (Å²) in [6.45, 7) is 1.42. The Hall–Kier alpha value is -1.26. The maximum Gasteiger partial charge on any atom is 0.122 e. The SMILES string of the molecule is O[C@H](CNC[C@@H]1CC1(Cl)Cl)COc1ccc(-c2ccccc2)cc1. The van der Waals surface area contributed by atoms with Crippen LogP contribution in [0.2, 0.25) is 0 Å².